The molecule has 3 heterocycles. The minimum Gasteiger partial charge on any atom is -0.478 e. The Morgan fingerprint density at radius 2 is 2.03 bits per heavy atom. The minimum absolute atomic E-state index is 0.269. The molecule has 0 spiro atoms. The highest BCUT2D eigenvalue weighted by Gasteiger charge is 2.53. The third kappa shape index (κ3) is 3.82. The van der Waals surface area contributed by atoms with Crippen LogP contribution in [0.1, 0.15) is 54.2 Å². The molecule has 0 amide bonds. The molecule has 3 fully saturated rings. The van der Waals surface area contributed by atoms with Crippen LogP contribution >= 0.6 is 34.5 Å². The first-order valence-electron chi connectivity index (χ1n) is 12.3. The topological polar surface area (TPSA) is 93.4 Å². The maximum atomic E-state index is 12.3. The number of hydrogen-bond donors (Lipinski definition) is 1. The second kappa shape index (κ2) is 8.66. The number of hydrogen-bond acceptors (Lipinski definition) is 7. The number of anilines is 1. The van der Waals surface area contributed by atoms with Gasteiger partial charge in [-0.2, -0.15) is 0 Å². The first kappa shape index (κ1) is 23.4. The maximum absolute atomic E-state index is 12.3. The van der Waals surface area contributed by atoms with Crippen molar-refractivity contribution in [3.8, 4) is 11.3 Å². The summed E-state index contributed by atoms with van der Waals surface area (Å²) in [6.45, 7) is 1.02. The number of thiazole rings is 1. The minimum atomic E-state index is -0.949. The van der Waals surface area contributed by atoms with Gasteiger partial charge in [-0.25, -0.2) is 14.5 Å². The molecule has 2 bridgehead atoms. The zero-order valence-corrected chi connectivity index (χ0v) is 22.1. The standard InChI is InChI=1S/C26H23Cl2N5O3S/c27-17-2-1-3-18(28)23(17)24-21(33(31-30-24)15-4-5-15)12-36-26-7-6-14(10-26)11-32(26)20-9-19-22(37-13-29-19)8-16(20)25(34)35/h1-3,8-9,13-15H,4-7,10-12H2,(H,34,35)/t14-,26-/m0/s1. The van der Waals surface area contributed by atoms with Gasteiger partial charge in [0.2, 0.25) is 0 Å². The molecule has 11 heteroatoms. The van der Waals surface area contributed by atoms with E-state index in [0.717, 1.165) is 54.6 Å². The second-order valence-electron chi connectivity index (χ2n) is 10.1. The molecule has 2 aliphatic carbocycles. The Labute approximate surface area is 226 Å². The molecule has 0 radical (unpaired) electrons. The van der Waals surface area contributed by atoms with Crippen molar-refractivity contribution in [1.82, 2.24) is 20.0 Å². The van der Waals surface area contributed by atoms with Gasteiger partial charge in [0.15, 0.2) is 0 Å². The Morgan fingerprint density at radius 1 is 1.22 bits per heavy atom. The largest absolute Gasteiger partial charge is 0.478 e. The highest BCUT2D eigenvalue weighted by molar-refractivity contribution is 7.16. The van der Waals surface area contributed by atoms with Crippen LogP contribution in [0.2, 0.25) is 10.0 Å². The number of nitrogens with zero attached hydrogens (tertiary/aromatic N) is 5. The summed E-state index contributed by atoms with van der Waals surface area (Å²) >= 11 is 14.5. The molecule has 8 nitrogen and oxygen atoms in total. The number of aromatic nitrogens is 4. The van der Waals surface area contributed by atoms with E-state index in [2.05, 4.69) is 20.2 Å². The van der Waals surface area contributed by atoms with E-state index in [1.807, 2.05) is 16.8 Å². The van der Waals surface area contributed by atoms with E-state index in [9.17, 15) is 9.90 Å². The summed E-state index contributed by atoms with van der Waals surface area (Å²) in [7, 11) is 0. The predicted molar refractivity (Wildman–Crippen MR) is 143 cm³/mol. The van der Waals surface area contributed by atoms with Gasteiger partial charge in [0, 0.05) is 12.1 Å². The summed E-state index contributed by atoms with van der Waals surface area (Å²) in [5.41, 5.74) is 5.01. The van der Waals surface area contributed by atoms with Crippen molar-refractivity contribution in [2.45, 2.75) is 50.5 Å². The predicted octanol–water partition coefficient (Wildman–Crippen LogP) is 6.43. The number of carbonyl (C=O) groups is 1. The van der Waals surface area contributed by atoms with Crippen molar-refractivity contribution in [1.29, 1.82) is 0 Å². The van der Waals surface area contributed by atoms with Crippen LogP contribution in [0.3, 0.4) is 0 Å². The molecule has 3 aliphatic rings. The molecule has 190 valence electrons. The van der Waals surface area contributed by atoms with E-state index in [1.165, 1.54) is 11.3 Å². The van der Waals surface area contributed by atoms with Crippen LogP contribution < -0.4 is 4.90 Å². The summed E-state index contributed by atoms with van der Waals surface area (Å²) in [4.78, 5) is 18.8. The average Bonchev–Trinajstić information content (AvgIpc) is 3.22. The Balaban J connectivity index is 1.27. The third-order valence-electron chi connectivity index (χ3n) is 7.81. The van der Waals surface area contributed by atoms with E-state index in [0.29, 0.717) is 38.9 Å². The first-order valence-corrected chi connectivity index (χ1v) is 14.0. The van der Waals surface area contributed by atoms with Crippen molar-refractivity contribution in [2.75, 3.05) is 11.4 Å². The van der Waals surface area contributed by atoms with Crippen molar-refractivity contribution >= 4 is 56.4 Å². The van der Waals surface area contributed by atoms with Crippen molar-refractivity contribution in [3.63, 3.8) is 0 Å². The van der Waals surface area contributed by atoms with Crippen molar-refractivity contribution < 1.29 is 14.6 Å². The monoisotopic (exact) mass is 555 g/mol. The molecular weight excluding hydrogens is 533 g/mol. The molecule has 2 saturated carbocycles. The Bertz CT molecular complexity index is 1530. The number of piperidine rings is 1. The van der Waals surface area contributed by atoms with Crippen LogP contribution in [0.25, 0.3) is 21.5 Å². The summed E-state index contributed by atoms with van der Waals surface area (Å²) < 4.78 is 9.62. The molecule has 4 aromatic rings. The molecule has 2 atom stereocenters. The lowest BCUT2D eigenvalue weighted by atomic mass is 10.0. The number of benzene rings is 2. The summed E-state index contributed by atoms with van der Waals surface area (Å²) in [5, 5.41) is 20.0. The Morgan fingerprint density at radius 3 is 2.76 bits per heavy atom. The van der Waals surface area contributed by atoms with Crippen molar-refractivity contribution in [3.05, 3.63) is 57.1 Å². The SMILES string of the molecule is O=C(O)c1cc2scnc2cc1N1C[C@H]2CC[C@]1(OCc1c(-c3c(Cl)cccc3Cl)nnn1C1CC1)C2. The summed E-state index contributed by atoms with van der Waals surface area (Å²) in [6.07, 6.45) is 4.79. The Hall–Kier alpha value is -2.72. The molecule has 37 heavy (non-hydrogen) atoms. The van der Waals surface area contributed by atoms with Gasteiger partial charge >= 0.3 is 5.97 Å². The highest BCUT2D eigenvalue weighted by Crippen LogP contribution is 2.51. The van der Waals surface area contributed by atoms with Gasteiger partial charge in [-0.15, -0.1) is 16.4 Å². The van der Waals surface area contributed by atoms with Crippen LogP contribution in [-0.2, 0) is 11.3 Å². The number of ether oxygens (including phenoxy) is 1. The van der Waals surface area contributed by atoms with E-state index >= 15 is 0 Å². The van der Waals surface area contributed by atoms with E-state index in [-0.39, 0.29) is 12.2 Å². The molecule has 1 N–H and O–H groups in total. The number of halogens is 2. The first-order chi connectivity index (χ1) is 17.9. The summed E-state index contributed by atoms with van der Waals surface area (Å²) in [6, 6.07) is 9.32. The van der Waals surface area contributed by atoms with Gasteiger partial charge in [-0.1, -0.05) is 34.5 Å². The highest BCUT2D eigenvalue weighted by atomic mass is 35.5. The number of aromatic carboxylic acids is 1. The van der Waals surface area contributed by atoms with Gasteiger partial charge in [-0.3, -0.25) is 0 Å². The zero-order chi connectivity index (χ0) is 25.3. The van der Waals surface area contributed by atoms with E-state index in [4.69, 9.17) is 27.9 Å². The molecule has 2 aromatic heterocycles. The number of carboxylic acids is 1. The van der Waals surface area contributed by atoms with E-state index < -0.39 is 11.7 Å². The number of fused-ring (bicyclic) bond motifs is 3. The van der Waals surface area contributed by atoms with Crippen LogP contribution in [0.4, 0.5) is 5.69 Å². The quantitative estimate of drug-likeness (QED) is 0.281. The van der Waals surface area contributed by atoms with Gasteiger partial charge in [-0.05, 0) is 62.3 Å². The van der Waals surface area contributed by atoms with Crippen LogP contribution in [0.15, 0.2) is 35.8 Å². The second-order valence-corrected chi connectivity index (χ2v) is 11.8. The normalized spacial score (nSPS) is 22.9. The van der Waals surface area contributed by atoms with Crippen LogP contribution in [0.5, 0.6) is 0 Å². The zero-order valence-electron chi connectivity index (χ0n) is 19.7. The lowest BCUT2D eigenvalue weighted by Gasteiger charge is -2.41. The molecular formula is C26H23Cl2N5O3S. The molecule has 1 aliphatic heterocycles. The third-order valence-corrected chi connectivity index (χ3v) is 9.24. The fourth-order valence-electron chi connectivity index (χ4n) is 5.91. The smallest absolute Gasteiger partial charge is 0.337 e. The lowest BCUT2D eigenvalue weighted by molar-refractivity contribution is -0.0473. The summed E-state index contributed by atoms with van der Waals surface area (Å²) in [5.74, 6) is -0.508. The maximum Gasteiger partial charge on any atom is 0.337 e. The van der Waals surface area contributed by atoms with E-state index in [1.54, 1.807) is 23.7 Å². The van der Waals surface area contributed by atoms with Crippen LogP contribution in [-0.4, -0.2) is 43.3 Å². The number of carboxylic acid groups (broad SMARTS) is 1. The molecule has 1 saturated heterocycles. The van der Waals surface area contributed by atoms with Gasteiger partial charge in [0.25, 0.3) is 0 Å². The van der Waals surface area contributed by atoms with Crippen molar-refractivity contribution in [2.24, 2.45) is 5.92 Å². The lowest BCUT2D eigenvalue weighted by Crippen LogP contribution is -2.47. The van der Waals surface area contributed by atoms with Gasteiger partial charge in [0.05, 0.1) is 55.4 Å². The Kier molecular flexibility index (Phi) is 5.48. The van der Waals surface area contributed by atoms with Gasteiger partial charge in [0.1, 0.15) is 11.4 Å². The van der Waals surface area contributed by atoms with Gasteiger partial charge < -0.3 is 14.7 Å². The average molecular weight is 556 g/mol. The number of rotatable bonds is 7. The fraction of sp³-hybridized carbons (Fsp3) is 0.385. The molecule has 7 rings (SSSR count). The molecule has 2 aromatic carbocycles. The fourth-order valence-corrected chi connectivity index (χ4v) is 7.18. The molecule has 0 unspecified atom stereocenters. The van der Waals surface area contributed by atoms with Crippen LogP contribution in [0, 0.1) is 5.92 Å².